The third-order valence-electron chi connectivity index (χ3n) is 4.80. The minimum absolute atomic E-state index is 0.132. The third-order valence-corrected chi connectivity index (χ3v) is 4.80. The van der Waals surface area contributed by atoms with Gasteiger partial charge in [-0.15, -0.1) is 0 Å². The van der Waals surface area contributed by atoms with Crippen molar-refractivity contribution in [2.24, 2.45) is 21.9 Å². The van der Waals surface area contributed by atoms with Gasteiger partial charge in [-0.2, -0.15) is 0 Å². The normalized spacial score (nSPS) is 39.7. The van der Waals surface area contributed by atoms with Crippen LogP contribution in [0.15, 0.2) is 5.16 Å². The van der Waals surface area contributed by atoms with Gasteiger partial charge in [0.05, 0.1) is 5.71 Å². The highest BCUT2D eigenvalue weighted by molar-refractivity contribution is 5.94. The fourth-order valence-electron chi connectivity index (χ4n) is 3.19. The molecule has 2 saturated carbocycles. The van der Waals surface area contributed by atoms with E-state index in [-0.39, 0.29) is 11.4 Å². The predicted octanol–water partition coefficient (Wildman–Crippen LogP) is 2.75. The number of carbonyl (C=O) groups excluding carboxylic acids is 1. The summed E-state index contributed by atoms with van der Waals surface area (Å²) in [4.78, 5) is 15.5. The van der Waals surface area contributed by atoms with Gasteiger partial charge in [0.1, 0.15) is 0 Å². The Hall–Kier alpha value is -0.860. The standard InChI is InChI=1S/C12H19NO2/c1-8(14)15-13-10-7-9-5-6-12(10,4)11(9,2)3/h9H,5-7H2,1-4H3. The van der Waals surface area contributed by atoms with Crippen molar-refractivity contribution >= 4 is 11.7 Å². The summed E-state index contributed by atoms with van der Waals surface area (Å²) >= 11 is 0. The Morgan fingerprint density at radius 3 is 2.53 bits per heavy atom. The molecule has 0 heterocycles. The average Bonchev–Trinajstić information content (AvgIpc) is 2.46. The molecule has 2 bridgehead atoms. The van der Waals surface area contributed by atoms with Crippen LogP contribution in [0, 0.1) is 16.7 Å². The number of hydrogen-bond acceptors (Lipinski definition) is 3. The molecule has 3 nitrogen and oxygen atoms in total. The number of oxime groups is 1. The smallest absolute Gasteiger partial charge is 0.319 e. The number of fused-ring (bicyclic) bond motifs is 2. The molecule has 2 aliphatic carbocycles. The van der Waals surface area contributed by atoms with Crippen LogP contribution in [0.5, 0.6) is 0 Å². The minimum atomic E-state index is -0.327. The first kappa shape index (κ1) is 10.7. The van der Waals surface area contributed by atoms with Gasteiger partial charge >= 0.3 is 5.97 Å². The highest BCUT2D eigenvalue weighted by atomic mass is 16.7. The average molecular weight is 209 g/mol. The topological polar surface area (TPSA) is 38.7 Å². The van der Waals surface area contributed by atoms with Gasteiger partial charge in [0.15, 0.2) is 0 Å². The number of nitrogens with zero attached hydrogens (tertiary/aromatic N) is 1. The minimum Gasteiger partial charge on any atom is -0.319 e. The molecule has 84 valence electrons. The fraction of sp³-hybridized carbons (Fsp3) is 0.833. The van der Waals surface area contributed by atoms with Gasteiger partial charge in [0.2, 0.25) is 0 Å². The van der Waals surface area contributed by atoms with Crippen LogP contribution >= 0.6 is 0 Å². The molecular formula is C12H19NO2. The Labute approximate surface area is 90.9 Å². The molecule has 0 saturated heterocycles. The molecule has 0 aromatic heterocycles. The molecular weight excluding hydrogens is 190 g/mol. The molecule has 0 aromatic carbocycles. The summed E-state index contributed by atoms with van der Waals surface area (Å²) < 4.78 is 0. The molecule has 2 aliphatic rings. The van der Waals surface area contributed by atoms with E-state index in [1.54, 1.807) is 0 Å². The number of rotatable bonds is 1. The van der Waals surface area contributed by atoms with Crippen molar-refractivity contribution in [2.75, 3.05) is 0 Å². The van der Waals surface area contributed by atoms with Crippen LogP contribution in [-0.4, -0.2) is 11.7 Å². The van der Waals surface area contributed by atoms with Crippen molar-refractivity contribution < 1.29 is 9.63 Å². The second-order valence-corrected chi connectivity index (χ2v) is 5.61. The lowest BCUT2D eigenvalue weighted by Crippen LogP contribution is -2.32. The van der Waals surface area contributed by atoms with Crippen molar-refractivity contribution in [1.29, 1.82) is 0 Å². The molecule has 2 fully saturated rings. The summed E-state index contributed by atoms with van der Waals surface area (Å²) in [6.07, 6.45) is 3.45. The van der Waals surface area contributed by atoms with Crippen LogP contribution in [0.3, 0.4) is 0 Å². The van der Waals surface area contributed by atoms with Gasteiger partial charge < -0.3 is 4.84 Å². The Balaban J connectivity index is 2.26. The molecule has 3 heteroatoms. The quantitative estimate of drug-likeness (QED) is 0.492. The molecule has 0 aliphatic heterocycles. The maximum absolute atomic E-state index is 10.7. The predicted molar refractivity (Wildman–Crippen MR) is 58.4 cm³/mol. The van der Waals surface area contributed by atoms with Gasteiger partial charge in [-0.3, -0.25) is 0 Å². The first-order chi connectivity index (χ1) is 6.88. The van der Waals surface area contributed by atoms with E-state index >= 15 is 0 Å². The highest BCUT2D eigenvalue weighted by Crippen LogP contribution is 2.63. The number of carbonyl (C=O) groups is 1. The number of hydrogen-bond donors (Lipinski definition) is 0. The molecule has 2 rings (SSSR count). The Bertz CT molecular complexity index is 333. The maximum Gasteiger partial charge on any atom is 0.331 e. The molecule has 15 heavy (non-hydrogen) atoms. The molecule has 0 N–H and O–H groups in total. The zero-order valence-corrected chi connectivity index (χ0v) is 9.96. The van der Waals surface area contributed by atoms with Crippen LogP contribution < -0.4 is 0 Å². The van der Waals surface area contributed by atoms with Crippen LogP contribution in [0.2, 0.25) is 0 Å². The molecule has 0 amide bonds. The lowest BCUT2D eigenvalue weighted by Gasteiger charge is -2.34. The van der Waals surface area contributed by atoms with E-state index in [1.165, 1.54) is 19.8 Å². The van der Waals surface area contributed by atoms with Gasteiger partial charge in [-0.05, 0) is 30.6 Å². The Morgan fingerprint density at radius 1 is 1.47 bits per heavy atom. The summed E-state index contributed by atoms with van der Waals surface area (Å²) in [5.74, 6) is 0.378. The summed E-state index contributed by atoms with van der Waals surface area (Å²) in [7, 11) is 0. The summed E-state index contributed by atoms with van der Waals surface area (Å²) in [5.41, 5.74) is 1.51. The molecule has 2 atom stereocenters. The van der Waals surface area contributed by atoms with E-state index < -0.39 is 0 Å². The van der Waals surface area contributed by atoms with E-state index in [9.17, 15) is 4.79 Å². The Kier molecular flexibility index (Phi) is 2.18. The molecule has 0 radical (unpaired) electrons. The monoisotopic (exact) mass is 209 g/mol. The van der Waals surface area contributed by atoms with Gasteiger partial charge in [0.25, 0.3) is 0 Å². The lowest BCUT2D eigenvalue weighted by molar-refractivity contribution is -0.141. The van der Waals surface area contributed by atoms with Crippen LogP contribution in [-0.2, 0) is 9.63 Å². The lowest BCUT2D eigenvalue weighted by atomic mass is 9.70. The second kappa shape index (κ2) is 3.06. The van der Waals surface area contributed by atoms with Crippen molar-refractivity contribution in [3.05, 3.63) is 0 Å². The SMILES string of the molecule is CC(=O)ON=C1CC2CCC1(C)C2(C)C. The molecule has 2 unspecified atom stereocenters. The highest BCUT2D eigenvalue weighted by Gasteiger charge is 2.60. The van der Waals surface area contributed by atoms with Crippen molar-refractivity contribution in [3.63, 3.8) is 0 Å². The van der Waals surface area contributed by atoms with Gasteiger partial charge in [-0.1, -0.05) is 25.9 Å². The Morgan fingerprint density at radius 2 is 2.13 bits per heavy atom. The molecule has 0 aromatic rings. The van der Waals surface area contributed by atoms with E-state index in [0.29, 0.717) is 11.3 Å². The van der Waals surface area contributed by atoms with Gasteiger partial charge in [0, 0.05) is 12.3 Å². The molecule has 0 spiro atoms. The second-order valence-electron chi connectivity index (χ2n) is 5.61. The maximum atomic E-state index is 10.7. The fourth-order valence-corrected chi connectivity index (χ4v) is 3.19. The third kappa shape index (κ3) is 1.32. The zero-order chi connectivity index (χ0) is 11.3. The van der Waals surface area contributed by atoms with Crippen molar-refractivity contribution in [3.8, 4) is 0 Å². The van der Waals surface area contributed by atoms with Gasteiger partial charge in [-0.25, -0.2) is 4.79 Å². The van der Waals surface area contributed by atoms with E-state index in [1.807, 2.05) is 0 Å². The van der Waals surface area contributed by atoms with E-state index in [0.717, 1.165) is 12.1 Å². The first-order valence-corrected chi connectivity index (χ1v) is 5.63. The van der Waals surface area contributed by atoms with Crippen LogP contribution in [0.1, 0.15) is 47.0 Å². The van der Waals surface area contributed by atoms with Crippen molar-refractivity contribution in [1.82, 2.24) is 0 Å². The van der Waals surface area contributed by atoms with Crippen molar-refractivity contribution in [2.45, 2.75) is 47.0 Å². The van der Waals surface area contributed by atoms with E-state index in [4.69, 9.17) is 4.84 Å². The summed E-state index contributed by atoms with van der Waals surface area (Å²) in [6, 6.07) is 0. The van der Waals surface area contributed by atoms with E-state index in [2.05, 4.69) is 25.9 Å². The largest absolute Gasteiger partial charge is 0.331 e. The zero-order valence-electron chi connectivity index (χ0n) is 9.96. The van der Waals surface area contributed by atoms with Crippen LogP contribution in [0.25, 0.3) is 0 Å². The first-order valence-electron chi connectivity index (χ1n) is 5.63. The summed E-state index contributed by atoms with van der Waals surface area (Å²) in [5, 5.41) is 4.04. The summed E-state index contributed by atoms with van der Waals surface area (Å²) in [6.45, 7) is 8.26. The van der Waals surface area contributed by atoms with Crippen LogP contribution in [0.4, 0.5) is 0 Å².